The number of aryl methyl sites for hydroxylation is 1. The minimum Gasteiger partial charge on any atom is -0.0879 e. The van der Waals surface area contributed by atoms with Crippen molar-refractivity contribution in [1.82, 2.24) is 0 Å². The largest absolute Gasteiger partial charge is 0.0879 e. The van der Waals surface area contributed by atoms with Crippen LogP contribution in [0.2, 0.25) is 0 Å². The van der Waals surface area contributed by atoms with E-state index in [0.29, 0.717) is 5.92 Å². The summed E-state index contributed by atoms with van der Waals surface area (Å²) in [5, 5.41) is 0. The Balaban J connectivity index is 2.73. The highest BCUT2D eigenvalue weighted by molar-refractivity contribution is 5.26. The summed E-state index contributed by atoms with van der Waals surface area (Å²) < 4.78 is 0. The average molecular weight is 188 g/mol. The number of hydrogen-bond acceptors (Lipinski definition) is 0. The van der Waals surface area contributed by atoms with Gasteiger partial charge in [0.05, 0.1) is 0 Å². The van der Waals surface area contributed by atoms with Gasteiger partial charge >= 0.3 is 0 Å². The van der Waals surface area contributed by atoms with Gasteiger partial charge in [-0.1, -0.05) is 55.3 Å². The second-order valence-corrected chi connectivity index (χ2v) is 4.18. The maximum absolute atomic E-state index is 2.25. The Hall–Kier alpha value is -1.04. The summed E-state index contributed by atoms with van der Waals surface area (Å²) in [6, 6.07) is 8.81. The maximum atomic E-state index is 2.25. The quantitative estimate of drug-likeness (QED) is 0.625. The predicted octanol–water partition coefficient (Wildman–Crippen LogP) is 4.14. The molecule has 0 aliphatic heterocycles. The fourth-order valence-electron chi connectivity index (χ4n) is 1.58. The zero-order chi connectivity index (χ0) is 10.6. The SMILES string of the molecule is CC=C(Cc1ccc(C)cc1)C(C)C. The Morgan fingerprint density at radius 3 is 2.21 bits per heavy atom. The molecule has 0 heterocycles. The van der Waals surface area contributed by atoms with Gasteiger partial charge in [0, 0.05) is 0 Å². The number of allylic oxidation sites excluding steroid dienone is 2. The van der Waals surface area contributed by atoms with E-state index in [9.17, 15) is 0 Å². The van der Waals surface area contributed by atoms with E-state index in [1.165, 1.54) is 16.7 Å². The highest BCUT2D eigenvalue weighted by atomic mass is 14.1. The molecule has 0 atom stereocenters. The first-order valence-corrected chi connectivity index (χ1v) is 5.34. The molecule has 14 heavy (non-hydrogen) atoms. The van der Waals surface area contributed by atoms with E-state index in [-0.39, 0.29) is 0 Å². The zero-order valence-corrected chi connectivity index (χ0v) is 9.67. The lowest BCUT2D eigenvalue weighted by Crippen LogP contribution is -1.98. The van der Waals surface area contributed by atoms with Crippen LogP contribution in [-0.4, -0.2) is 0 Å². The van der Waals surface area contributed by atoms with Crippen LogP contribution in [0.4, 0.5) is 0 Å². The van der Waals surface area contributed by atoms with E-state index < -0.39 is 0 Å². The second kappa shape index (κ2) is 4.99. The van der Waals surface area contributed by atoms with Crippen LogP contribution in [0.25, 0.3) is 0 Å². The molecular weight excluding hydrogens is 168 g/mol. The van der Waals surface area contributed by atoms with Crippen molar-refractivity contribution < 1.29 is 0 Å². The standard InChI is InChI=1S/C14H20/c1-5-14(11(2)3)10-13-8-6-12(4)7-9-13/h5-9,11H,10H2,1-4H3. The molecule has 76 valence electrons. The Bertz CT molecular complexity index is 301. The van der Waals surface area contributed by atoms with Crippen LogP contribution in [0.5, 0.6) is 0 Å². The predicted molar refractivity (Wildman–Crippen MR) is 63.5 cm³/mol. The normalized spacial score (nSPS) is 12.2. The first-order chi connectivity index (χ1) is 6.63. The third-order valence-corrected chi connectivity index (χ3v) is 2.64. The van der Waals surface area contributed by atoms with E-state index in [1.807, 2.05) is 0 Å². The molecule has 0 saturated carbocycles. The van der Waals surface area contributed by atoms with E-state index >= 15 is 0 Å². The smallest absolute Gasteiger partial charge is 0.00647 e. The van der Waals surface area contributed by atoms with Crippen LogP contribution in [-0.2, 0) is 6.42 Å². The van der Waals surface area contributed by atoms with Crippen LogP contribution in [0.3, 0.4) is 0 Å². The first-order valence-electron chi connectivity index (χ1n) is 5.34. The molecule has 0 N–H and O–H groups in total. The van der Waals surface area contributed by atoms with Crippen molar-refractivity contribution in [2.45, 2.75) is 34.1 Å². The highest BCUT2D eigenvalue weighted by Gasteiger charge is 2.02. The molecular formula is C14H20. The van der Waals surface area contributed by atoms with Gasteiger partial charge in [-0.3, -0.25) is 0 Å². The monoisotopic (exact) mass is 188 g/mol. The maximum Gasteiger partial charge on any atom is -0.00647 e. The van der Waals surface area contributed by atoms with Crippen molar-refractivity contribution >= 4 is 0 Å². The summed E-state index contributed by atoms with van der Waals surface area (Å²) in [5.74, 6) is 0.654. The molecule has 1 aromatic carbocycles. The van der Waals surface area contributed by atoms with E-state index in [0.717, 1.165) is 6.42 Å². The van der Waals surface area contributed by atoms with Crippen molar-refractivity contribution in [3.8, 4) is 0 Å². The molecule has 0 aromatic heterocycles. The lowest BCUT2D eigenvalue weighted by atomic mass is 9.95. The molecule has 0 bridgehead atoms. The summed E-state index contributed by atoms with van der Waals surface area (Å²) in [4.78, 5) is 0. The lowest BCUT2D eigenvalue weighted by molar-refractivity contribution is 0.738. The third kappa shape index (κ3) is 3.02. The second-order valence-electron chi connectivity index (χ2n) is 4.18. The topological polar surface area (TPSA) is 0 Å². The fraction of sp³-hybridized carbons (Fsp3) is 0.429. The molecule has 0 saturated heterocycles. The van der Waals surface area contributed by atoms with Crippen molar-refractivity contribution in [3.63, 3.8) is 0 Å². The van der Waals surface area contributed by atoms with Crippen LogP contribution in [0.1, 0.15) is 31.9 Å². The van der Waals surface area contributed by atoms with Gasteiger partial charge in [0.25, 0.3) is 0 Å². The van der Waals surface area contributed by atoms with Crippen LogP contribution < -0.4 is 0 Å². The zero-order valence-electron chi connectivity index (χ0n) is 9.67. The van der Waals surface area contributed by atoms with Gasteiger partial charge < -0.3 is 0 Å². The number of hydrogen-bond donors (Lipinski definition) is 0. The molecule has 0 spiro atoms. The minimum absolute atomic E-state index is 0.654. The molecule has 0 nitrogen and oxygen atoms in total. The molecule has 0 fully saturated rings. The van der Waals surface area contributed by atoms with E-state index in [4.69, 9.17) is 0 Å². The van der Waals surface area contributed by atoms with Crippen molar-refractivity contribution in [2.24, 2.45) is 5.92 Å². The molecule has 1 aromatic rings. The summed E-state index contributed by atoms with van der Waals surface area (Å²) in [6.45, 7) is 8.76. The Labute approximate surface area is 87.7 Å². The first kappa shape index (κ1) is 11.0. The summed E-state index contributed by atoms with van der Waals surface area (Å²) in [6.07, 6.45) is 3.33. The lowest BCUT2D eigenvalue weighted by Gasteiger charge is -2.10. The minimum atomic E-state index is 0.654. The summed E-state index contributed by atoms with van der Waals surface area (Å²) >= 11 is 0. The Morgan fingerprint density at radius 1 is 1.21 bits per heavy atom. The van der Waals surface area contributed by atoms with Gasteiger partial charge in [0.15, 0.2) is 0 Å². The molecule has 0 aliphatic carbocycles. The van der Waals surface area contributed by atoms with E-state index in [1.54, 1.807) is 0 Å². The van der Waals surface area contributed by atoms with Gasteiger partial charge in [0.1, 0.15) is 0 Å². The Morgan fingerprint density at radius 2 is 1.79 bits per heavy atom. The molecule has 0 unspecified atom stereocenters. The van der Waals surface area contributed by atoms with Gasteiger partial charge in [-0.2, -0.15) is 0 Å². The molecule has 0 radical (unpaired) electrons. The van der Waals surface area contributed by atoms with Crippen LogP contribution in [0.15, 0.2) is 35.9 Å². The number of rotatable bonds is 3. The van der Waals surface area contributed by atoms with Gasteiger partial charge in [-0.15, -0.1) is 0 Å². The van der Waals surface area contributed by atoms with Gasteiger partial charge in [-0.25, -0.2) is 0 Å². The number of benzene rings is 1. The van der Waals surface area contributed by atoms with Crippen molar-refractivity contribution in [3.05, 3.63) is 47.0 Å². The molecule has 0 aliphatic rings. The average Bonchev–Trinajstić information content (AvgIpc) is 2.16. The highest BCUT2D eigenvalue weighted by Crippen LogP contribution is 2.16. The van der Waals surface area contributed by atoms with Gasteiger partial charge in [-0.05, 0) is 31.7 Å². The fourth-order valence-corrected chi connectivity index (χ4v) is 1.58. The molecule has 1 rings (SSSR count). The van der Waals surface area contributed by atoms with Crippen molar-refractivity contribution in [2.75, 3.05) is 0 Å². The van der Waals surface area contributed by atoms with Gasteiger partial charge in [0.2, 0.25) is 0 Å². The summed E-state index contributed by atoms with van der Waals surface area (Å²) in [7, 11) is 0. The molecule has 0 amide bonds. The van der Waals surface area contributed by atoms with Crippen molar-refractivity contribution in [1.29, 1.82) is 0 Å². The Kier molecular flexibility index (Phi) is 3.94. The van der Waals surface area contributed by atoms with Crippen LogP contribution >= 0.6 is 0 Å². The van der Waals surface area contributed by atoms with E-state index in [2.05, 4.69) is 58.0 Å². The third-order valence-electron chi connectivity index (χ3n) is 2.64. The molecule has 0 heteroatoms. The van der Waals surface area contributed by atoms with Crippen LogP contribution in [0, 0.1) is 12.8 Å². The summed E-state index contributed by atoms with van der Waals surface area (Å²) in [5.41, 5.74) is 4.27.